The topological polar surface area (TPSA) is 38.8 Å². The molecule has 24 heavy (non-hydrogen) atoms. The zero-order valence-electron chi connectivity index (χ0n) is 14.8. The second-order valence-corrected chi connectivity index (χ2v) is 5.56. The smallest absolute Gasteiger partial charge is 0.193 e. The van der Waals surface area contributed by atoms with Gasteiger partial charge in [0.25, 0.3) is 0 Å². The van der Waals surface area contributed by atoms with Crippen LogP contribution in [-0.4, -0.2) is 38.0 Å². The summed E-state index contributed by atoms with van der Waals surface area (Å²) >= 11 is 0. The summed E-state index contributed by atoms with van der Waals surface area (Å²) < 4.78 is 10.5. The number of benzene rings is 2. The van der Waals surface area contributed by atoms with Crippen molar-refractivity contribution in [3.8, 4) is 11.5 Å². The third-order valence-electron chi connectivity index (χ3n) is 4.16. The average Bonchev–Trinajstić information content (AvgIpc) is 2.65. The van der Waals surface area contributed by atoms with Crippen LogP contribution in [-0.2, 0) is 6.54 Å². The maximum atomic E-state index is 12.7. The van der Waals surface area contributed by atoms with Gasteiger partial charge in [-0.15, -0.1) is 0 Å². The highest BCUT2D eigenvalue weighted by Crippen LogP contribution is 2.28. The first-order valence-electron chi connectivity index (χ1n) is 8.20. The van der Waals surface area contributed by atoms with Crippen molar-refractivity contribution in [2.24, 2.45) is 0 Å². The fourth-order valence-corrected chi connectivity index (χ4v) is 2.61. The lowest BCUT2D eigenvalue weighted by Crippen LogP contribution is -2.22. The van der Waals surface area contributed by atoms with Gasteiger partial charge in [-0.25, -0.2) is 0 Å². The van der Waals surface area contributed by atoms with Crippen LogP contribution >= 0.6 is 0 Å². The van der Waals surface area contributed by atoms with Crippen LogP contribution in [0, 0.1) is 0 Å². The van der Waals surface area contributed by atoms with Crippen LogP contribution < -0.4 is 9.47 Å². The summed E-state index contributed by atoms with van der Waals surface area (Å²) in [6, 6.07) is 13.0. The molecule has 0 saturated heterocycles. The molecule has 0 amide bonds. The van der Waals surface area contributed by atoms with Gasteiger partial charge in [-0.1, -0.05) is 38.1 Å². The van der Waals surface area contributed by atoms with E-state index in [-0.39, 0.29) is 5.78 Å². The summed E-state index contributed by atoms with van der Waals surface area (Å²) in [6.07, 6.45) is 0. The lowest BCUT2D eigenvalue weighted by atomic mass is 10.0. The highest BCUT2D eigenvalue weighted by molar-refractivity contribution is 6.09. The molecule has 0 spiro atoms. The number of carbonyl (C=O) groups is 1. The summed E-state index contributed by atoms with van der Waals surface area (Å²) in [6.45, 7) is 7.24. The van der Waals surface area contributed by atoms with E-state index in [9.17, 15) is 4.79 Å². The van der Waals surface area contributed by atoms with Crippen LogP contribution in [0.4, 0.5) is 0 Å². The lowest BCUT2D eigenvalue weighted by molar-refractivity contribution is 0.103. The number of hydrogen-bond acceptors (Lipinski definition) is 4. The first kappa shape index (κ1) is 18.0. The van der Waals surface area contributed by atoms with Gasteiger partial charge in [0.1, 0.15) is 0 Å². The van der Waals surface area contributed by atoms with E-state index in [0.717, 1.165) is 19.6 Å². The van der Waals surface area contributed by atoms with Crippen LogP contribution in [0.25, 0.3) is 0 Å². The second kappa shape index (κ2) is 8.50. The molecule has 2 rings (SSSR count). The fraction of sp³-hybridized carbons (Fsp3) is 0.350. The van der Waals surface area contributed by atoms with E-state index in [1.54, 1.807) is 32.4 Å². The molecule has 0 fully saturated rings. The SMILES string of the molecule is CCN(CC)Cc1ccc(C(=O)c2ccc(OC)c(OC)c2)cc1. The van der Waals surface area contributed by atoms with Gasteiger partial charge in [0, 0.05) is 17.7 Å². The molecule has 0 unspecified atom stereocenters. The number of ketones is 1. The maximum Gasteiger partial charge on any atom is 0.193 e. The zero-order valence-corrected chi connectivity index (χ0v) is 14.8. The van der Waals surface area contributed by atoms with E-state index >= 15 is 0 Å². The van der Waals surface area contributed by atoms with Gasteiger partial charge in [-0.3, -0.25) is 9.69 Å². The number of ether oxygens (including phenoxy) is 2. The molecule has 0 heterocycles. The monoisotopic (exact) mass is 327 g/mol. The Morgan fingerprint density at radius 1 is 0.875 bits per heavy atom. The first-order chi connectivity index (χ1) is 11.6. The molecule has 0 N–H and O–H groups in total. The van der Waals surface area contributed by atoms with E-state index < -0.39 is 0 Å². The number of methoxy groups -OCH3 is 2. The number of rotatable bonds is 8. The minimum Gasteiger partial charge on any atom is -0.493 e. The van der Waals surface area contributed by atoms with Crippen molar-refractivity contribution in [2.75, 3.05) is 27.3 Å². The van der Waals surface area contributed by atoms with Crippen molar-refractivity contribution in [3.05, 3.63) is 59.2 Å². The molecule has 0 bridgehead atoms. The Kier molecular flexibility index (Phi) is 6.38. The molecular weight excluding hydrogens is 302 g/mol. The molecular formula is C20H25NO3. The molecule has 0 atom stereocenters. The van der Waals surface area contributed by atoms with E-state index in [2.05, 4.69) is 18.7 Å². The van der Waals surface area contributed by atoms with Gasteiger partial charge in [-0.2, -0.15) is 0 Å². The average molecular weight is 327 g/mol. The highest BCUT2D eigenvalue weighted by Gasteiger charge is 2.13. The Morgan fingerprint density at radius 3 is 2.00 bits per heavy atom. The van der Waals surface area contributed by atoms with Crippen molar-refractivity contribution in [3.63, 3.8) is 0 Å². The molecule has 128 valence electrons. The molecule has 0 radical (unpaired) electrons. The molecule has 4 heteroatoms. The zero-order chi connectivity index (χ0) is 17.5. The van der Waals surface area contributed by atoms with Crippen molar-refractivity contribution in [1.82, 2.24) is 4.90 Å². The Hall–Kier alpha value is -2.33. The fourth-order valence-electron chi connectivity index (χ4n) is 2.61. The Morgan fingerprint density at radius 2 is 1.46 bits per heavy atom. The van der Waals surface area contributed by atoms with Gasteiger partial charge in [0.15, 0.2) is 17.3 Å². The van der Waals surface area contributed by atoms with Crippen LogP contribution in [0.5, 0.6) is 11.5 Å². The molecule has 2 aromatic carbocycles. The minimum atomic E-state index is -0.0228. The number of carbonyl (C=O) groups excluding carboxylic acids is 1. The third kappa shape index (κ3) is 4.15. The molecule has 4 nitrogen and oxygen atoms in total. The molecule has 0 aliphatic heterocycles. The Balaban J connectivity index is 2.18. The van der Waals surface area contributed by atoms with Crippen LogP contribution in [0.3, 0.4) is 0 Å². The van der Waals surface area contributed by atoms with Gasteiger partial charge in [0.05, 0.1) is 14.2 Å². The highest BCUT2D eigenvalue weighted by atomic mass is 16.5. The van der Waals surface area contributed by atoms with Crippen molar-refractivity contribution < 1.29 is 14.3 Å². The summed E-state index contributed by atoms with van der Waals surface area (Å²) in [7, 11) is 3.14. The van der Waals surface area contributed by atoms with E-state index in [4.69, 9.17) is 9.47 Å². The van der Waals surface area contributed by atoms with Gasteiger partial charge >= 0.3 is 0 Å². The minimum absolute atomic E-state index is 0.0228. The largest absolute Gasteiger partial charge is 0.493 e. The van der Waals surface area contributed by atoms with Gasteiger partial charge in [-0.05, 0) is 36.9 Å². The second-order valence-electron chi connectivity index (χ2n) is 5.56. The normalized spacial score (nSPS) is 10.7. The molecule has 2 aromatic rings. The third-order valence-corrected chi connectivity index (χ3v) is 4.16. The van der Waals surface area contributed by atoms with E-state index in [1.165, 1.54) is 5.56 Å². The summed E-state index contributed by atoms with van der Waals surface area (Å²) in [5.41, 5.74) is 2.47. The van der Waals surface area contributed by atoms with Crippen LogP contribution in [0.1, 0.15) is 35.3 Å². The van der Waals surface area contributed by atoms with Gasteiger partial charge < -0.3 is 9.47 Å². The van der Waals surface area contributed by atoms with Crippen molar-refractivity contribution >= 4 is 5.78 Å². The van der Waals surface area contributed by atoms with Crippen LogP contribution in [0.2, 0.25) is 0 Å². The summed E-state index contributed by atoms with van der Waals surface area (Å²) in [5, 5.41) is 0. The Bertz CT molecular complexity index is 676. The molecule has 0 aromatic heterocycles. The van der Waals surface area contributed by atoms with E-state index in [0.29, 0.717) is 22.6 Å². The molecule has 0 saturated carbocycles. The number of nitrogens with zero attached hydrogens (tertiary/aromatic N) is 1. The standard InChI is InChI=1S/C20H25NO3/c1-5-21(6-2)14-15-7-9-16(10-8-15)20(22)17-11-12-18(23-3)19(13-17)24-4/h7-13H,5-6,14H2,1-4H3. The predicted octanol–water partition coefficient (Wildman–Crippen LogP) is 3.78. The number of hydrogen-bond donors (Lipinski definition) is 0. The van der Waals surface area contributed by atoms with Crippen LogP contribution in [0.15, 0.2) is 42.5 Å². The molecule has 0 aliphatic rings. The first-order valence-corrected chi connectivity index (χ1v) is 8.20. The Labute approximate surface area is 144 Å². The van der Waals surface area contributed by atoms with E-state index in [1.807, 2.05) is 24.3 Å². The summed E-state index contributed by atoms with van der Waals surface area (Å²) in [4.78, 5) is 15.0. The quantitative estimate of drug-likeness (QED) is 0.692. The lowest BCUT2D eigenvalue weighted by Gasteiger charge is -2.18. The maximum absolute atomic E-state index is 12.7. The molecule has 0 aliphatic carbocycles. The predicted molar refractivity (Wildman–Crippen MR) is 96.0 cm³/mol. The summed E-state index contributed by atoms with van der Waals surface area (Å²) in [5.74, 6) is 1.15. The van der Waals surface area contributed by atoms with Gasteiger partial charge in [0.2, 0.25) is 0 Å². The van der Waals surface area contributed by atoms with Crippen molar-refractivity contribution in [1.29, 1.82) is 0 Å². The van der Waals surface area contributed by atoms with Crippen molar-refractivity contribution in [2.45, 2.75) is 20.4 Å².